The Morgan fingerprint density at radius 2 is 1.71 bits per heavy atom. The topological polar surface area (TPSA) is 79.5 Å². The molecule has 28 heavy (non-hydrogen) atoms. The van der Waals surface area contributed by atoms with Crippen molar-refractivity contribution in [2.24, 2.45) is 0 Å². The molecule has 0 bridgehead atoms. The highest BCUT2D eigenvalue weighted by molar-refractivity contribution is 9.10. The van der Waals surface area contributed by atoms with Crippen LogP contribution >= 0.6 is 15.9 Å². The Balaban J connectivity index is 2.13. The van der Waals surface area contributed by atoms with Gasteiger partial charge in [0.1, 0.15) is 0 Å². The summed E-state index contributed by atoms with van der Waals surface area (Å²) in [6.07, 6.45) is 0. The van der Waals surface area contributed by atoms with E-state index in [1.165, 1.54) is 18.8 Å². The van der Waals surface area contributed by atoms with Gasteiger partial charge in [0.05, 0.1) is 31.7 Å². The van der Waals surface area contributed by atoms with Gasteiger partial charge in [-0.3, -0.25) is 18.7 Å². The summed E-state index contributed by atoms with van der Waals surface area (Å²) in [5.74, 6) is 0.646. The quantitative estimate of drug-likeness (QED) is 0.543. The molecule has 0 saturated carbocycles. The first-order chi connectivity index (χ1) is 13.4. The Kier molecular flexibility index (Phi) is 5.69. The Labute approximate surface area is 169 Å². The van der Waals surface area contributed by atoms with Gasteiger partial charge in [0.15, 0.2) is 17.3 Å². The second kappa shape index (κ2) is 8.02. The molecule has 2 aromatic carbocycles. The molecule has 1 aromatic heterocycles. The summed E-state index contributed by atoms with van der Waals surface area (Å²) in [6, 6.07) is 9.86. The van der Waals surface area contributed by atoms with Crippen molar-refractivity contribution in [2.75, 3.05) is 14.2 Å². The van der Waals surface area contributed by atoms with E-state index in [9.17, 15) is 14.4 Å². The summed E-state index contributed by atoms with van der Waals surface area (Å²) in [6.45, 7) is 1.73. The van der Waals surface area contributed by atoms with Crippen molar-refractivity contribution in [2.45, 2.75) is 20.0 Å². The molecule has 0 atom stereocenters. The van der Waals surface area contributed by atoms with Gasteiger partial charge < -0.3 is 9.47 Å². The molecule has 1 heterocycles. The summed E-state index contributed by atoms with van der Waals surface area (Å²) in [5.41, 5.74) is -0.101. The van der Waals surface area contributed by atoms with E-state index in [-0.39, 0.29) is 24.4 Å². The fourth-order valence-electron chi connectivity index (χ4n) is 3.07. The van der Waals surface area contributed by atoms with Crippen LogP contribution in [0.25, 0.3) is 10.9 Å². The number of halogens is 1. The number of hydrogen-bond donors (Lipinski definition) is 0. The van der Waals surface area contributed by atoms with E-state index in [2.05, 4.69) is 15.9 Å². The SMILES string of the molecule is CCn1c(=O)c2cc(Br)ccc2n(CC(=O)c2ccc(OC)c(OC)c2)c1=O. The van der Waals surface area contributed by atoms with Crippen LogP contribution in [0.4, 0.5) is 0 Å². The van der Waals surface area contributed by atoms with Gasteiger partial charge >= 0.3 is 5.69 Å². The minimum atomic E-state index is -0.517. The predicted molar refractivity (Wildman–Crippen MR) is 110 cm³/mol. The maximum atomic E-state index is 12.9. The summed E-state index contributed by atoms with van der Waals surface area (Å²) < 4.78 is 13.6. The van der Waals surface area contributed by atoms with Crippen LogP contribution in [-0.2, 0) is 13.1 Å². The molecule has 0 fully saturated rings. The van der Waals surface area contributed by atoms with E-state index >= 15 is 0 Å². The van der Waals surface area contributed by atoms with Crippen molar-refractivity contribution in [3.63, 3.8) is 0 Å². The van der Waals surface area contributed by atoms with Gasteiger partial charge in [-0.1, -0.05) is 15.9 Å². The molecule has 0 aliphatic heterocycles. The van der Waals surface area contributed by atoms with Gasteiger partial charge in [-0.25, -0.2) is 4.79 Å². The van der Waals surface area contributed by atoms with Crippen molar-refractivity contribution in [1.82, 2.24) is 9.13 Å². The van der Waals surface area contributed by atoms with Gasteiger partial charge in [-0.2, -0.15) is 0 Å². The number of hydrogen-bond acceptors (Lipinski definition) is 5. The maximum Gasteiger partial charge on any atom is 0.331 e. The van der Waals surface area contributed by atoms with Crippen LogP contribution in [0.3, 0.4) is 0 Å². The number of benzene rings is 2. The highest BCUT2D eigenvalue weighted by atomic mass is 79.9. The number of ether oxygens (including phenoxy) is 2. The summed E-state index contributed by atoms with van der Waals surface area (Å²) in [4.78, 5) is 38.3. The molecule has 0 aliphatic carbocycles. The number of fused-ring (bicyclic) bond motifs is 1. The molecular formula is C20H19BrN2O5. The molecule has 0 N–H and O–H groups in total. The lowest BCUT2D eigenvalue weighted by Crippen LogP contribution is -2.40. The fourth-order valence-corrected chi connectivity index (χ4v) is 3.43. The molecule has 0 spiro atoms. The normalized spacial score (nSPS) is 10.9. The Morgan fingerprint density at radius 1 is 1.00 bits per heavy atom. The molecule has 146 valence electrons. The lowest BCUT2D eigenvalue weighted by molar-refractivity contribution is 0.0971. The van der Waals surface area contributed by atoms with Crippen molar-refractivity contribution >= 4 is 32.6 Å². The second-order valence-corrected chi connectivity index (χ2v) is 6.99. The van der Waals surface area contributed by atoms with E-state index in [1.807, 2.05) is 0 Å². The molecule has 0 saturated heterocycles. The predicted octanol–water partition coefficient (Wildman–Crippen LogP) is 2.85. The zero-order valence-electron chi connectivity index (χ0n) is 15.7. The standard InChI is InChI=1S/C20H19BrN2O5/c1-4-22-19(25)14-10-13(21)6-7-15(14)23(20(22)26)11-16(24)12-5-8-17(27-2)18(9-12)28-3/h5-10H,4,11H2,1-3H3. The monoisotopic (exact) mass is 446 g/mol. The smallest absolute Gasteiger partial charge is 0.331 e. The number of aromatic nitrogens is 2. The third kappa shape index (κ3) is 3.47. The molecule has 0 radical (unpaired) electrons. The third-order valence-electron chi connectivity index (χ3n) is 4.51. The number of methoxy groups -OCH3 is 2. The molecule has 3 rings (SSSR count). The van der Waals surface area contributed by atoms with Gasteiger partial charge in [0.2, 0.25) is 0 Å². The minimum Gasteiger partial charge on any atom is -0.493 e. The Morgan fingerprint density at radius 3 is 2.36 bits per heavy atom. The van der Waals surface area contributed by atoms with Gasteiger partial charge in [-0.05, 0) is 43.3 Å². The second-order valence-electron chi connectivity index (χ2n) is 6.07. The average molecular weight is 447 g/mol. The highest BCUT2D eigenvalue weighted by Gasteiger charge is 2.17. The largest absolute Gasteiger partial charge is 0.493 e. The van der Waals surface area contributed by atoms with Gasteiger partial charge in [0.25, 0.3) is 5.56 Å². The summed E-state index contributed by atoms with van der Waals surface area (Å²) in [7, 11) is 3.00. The van der Waals surface area contributed by atoms with Crippen LogP contribution in [0.2, 0.25) is 0 Å². The third-order valence-corrected chi connectivity index (χ3v) is 5.00. The minimum absolute atomic E-state index is 0.202. The Hall–Kier alpha value is -2.87. The lowest BCUT2D eigenvalue weighted by atomic mass is 10.1. The number of rotatable bonds is 6. The van der Waals surface area contributed by atoms with Crippen molar-refractivity contribution in [3.8, 4) is 11.5 Å². The molecule has 0 amide bonds. The van der Waals surface area contributed by atoms with Crippen molar-refractivity contribution in [3.05, 3.63) is 67.3 Å². The maximum absolute atomic E-state index is 12.9. The van der Waals surface area contributed by atoms with Crippen molar-refractivity contribution < 1.29 is 14.3 Å². The molecule has 3 aromatic rings. The average Bonchev–Trinajstić information content (AvgIpc) is 2.70. The zero-order chi connectivity index (χ0) is 20.4. The van der Waals surface area contributed by atoms with Crippen molar-refractivity contribution in [1.29, 1.82) is 0 Å². The first-order valence-electron chi connectivity index (χ1n) is 8.59. The summed E-state index contributed by atoms with van der Waals surface area (Å²) in [5, 5.41) is 0.371. The van der Waals surface area contributed by atoms with Crippen LogP contribution in [0.1, 0.15) is 17.3 Å². The molecule has 0 aliphatic rings. The molecule has 8 heteroatoms. The van der Waals surface area contributed by atoms with E-state index < -0.39 is 5.69 Å². The van der Waals surface area contributed by atoms with E-state index in [1.54, 1.807) is 43.3 Å². The van der Waals surface area contributed by atoms with Gasteiger partial charge in [0, 0.05) is 16.6 Å². The zero-order valence-corrected chi connectivity index (χ0v) is 17.3. The van der Waals surface area contributed by atoms with Crippen LogP contribution in [-0.4, -0.2) is 29.1 Å². The van der Waals surface area contributed by atoms with Gasteiger partial charge in [-0.15, -0.1) is 0 Å². The van der Waals surface area contributed by atoms with Crippen LogP contribution in [0.15, 0.2) is 50.5 Å². The number of carbonyl (C=O) groups is 1. The molecular weight excluding hydrogens is 428 g/mol. The fraction of sp³-hybridized carbons (Fsp3) is 0.250. The first kappa shape index (κ1) is 19.9. The number of carbonyl (C=O) groups excluding carboxylic acids is 1. The van der Waals surface area contributed by atoms with Crippen LogP contribution in [0.5, 0.6) is 11.5 Å². The molecule has 7 nitrogen and oxygen atoms in total. The highest BCUT2D eigenvalue weighted by Crippen LogP contribution is 2.28. The lowest BCUT2D eigenvalue weighted by Gasteiger charge is -2.14. The van der Waals surface area contributed by atoms with E-state index in [4.69, 9.17) is 9.47 Å². The van der Waals surface area contributed by atoms with E-state index in [0.29, 0.717) is 28.0 Å². The first-order valence-corrected chi connectivity index (χ1v) is 9.38. The Bertz CT molecular complexity index is 1180. The van der Waals surface area contributed by atoms with Crippen LogP contribution < -0.4 is 20.7 Å². The number of nitrogens with zero attached hydrogens (tertiary/aromatic N) is 2. The molecule has 0 unspecified atom stereocenters. The van der Waals surface area contributed by atoms with E-state index in [0.717, 1.165) is 9.04 Å². The summed E-state index contributed by atoms with van der Waals surface area (Å²) >= 11 is 3.34. The number of ketones is 1. The number of Topliss-reactive ketones (excluding diaryl/α,β-unsaturated/α-hetero) is 1. The van der Waals surface area contributed by atoms with Crippen LogP contribution in [0, 0.1) is 0 Å².